The lowest BCUT2D eigenvalue weighted by molar-refractivity contribution is 0.0543. The Morgan fingerprint density at radius 3 is 2.23 bits per heavy atom. The molecule has 0 amide bonds. The summed E-state index contributed by atoms with van der Waals surface area (Å²) < 4.78 is 0. The third kappa shape index (κ3) is 3.63. The maximum atomic E-state index is 9.34. The zero-order chi connectivity index (χ0) is 9.84. The number of aliphatic hydroxyl groups is 1. The summed E-state index contributed by atoms with van der Waals surface area (Å²) in [5.41, 5.74) is 0. The van der Waals surface area contributed by atoms with Crippen molar-refractivity contribution in [3.05, 3.63) is 0 Å². The molecule has 0 aromatic heterocycles. The molecule has 1 heterocycles. The number of likely N-dealkylation sites (tertiary alicyclic amines) is 1. The zero-order valence-electron chi connectivity index (χ0n) is 8.95. The van der Waals surface area contributed by atoms with Crippen LogP contribution in [0.5, 0.6) is 0 Å². The van der Waals surface area contributed by atoms with Crippen LogP contribution in [-0.4, -0.2) is 41.4 Å². The van der Waals surface area contributed by atoms with Crippen LogP contribution in [-0.2, 0) is 0 Å². The van der Waals surface area contributed by atoms with Crippen LogP contribution < -0.4 is 5.32 Å². The summed E-state index contributed by atoms with van der Waals surface area (Å²) in [6.07, 6.45) is 2.21. The van der Waals surface area contributed by atoms with E-state index in [9.17, 15) is 5.11 Å². The quantitative estimate of drug-likeness (QED) is 0.684. The number of hydrogen-bond acceptors (Lipinski definition) is 3. The molecule has 0 aliphatic carbocycles. The van der Waals surface area contributed by atoms with Crippen molar-refractivity contribution in [2.24, 2.45) is 0 Å². The van der Waals surface area contributed by atoms with Gasteiger partial charge >= 0.3 is 0 Å². The van der Waals surface area contributed by atoms with Gasteiger partial charge in [0.1, 0.15) is 0 Å². The van der Waals surface area contributed by atoms with Gasteiger partial charge in [0, 0.05) is 19.1 Å². The van der Waals surface area contributed by atoms with E-state index in [2.05, 4.69) is 31.0 Å². The van der Waals surface area contributed by atoms with Gasteiger partial charge in [0.05, 0.1) is 12.3 Å². The van der Waals surface area contributed by atoms with Crippen molar-refractivity contribution in [3.63, 3.8) is 0 Å². The van der Waals surface area contributed by atoms with E-state index in [0.29, 0.717) is 12.2 Å². The van der Waals surface area contributed by atoms with E-state index in [0.717, 1.165) is 25.9 Å². The second-order valence-corrected chi connectivity index (χ2v) is 4.26. The Morgan fingerprint density at radius 1 is 1.23 bits per heavy atom. The van der Waals surface area contributed by atoms with Gasteiger partial charge in [-0.1, -0.05) is 0 Å². The van der Waals surface area contributed by atoms with E-state index in [4.69, 9.17) is 0 Å². The molecule has 1 unspecified atom stereocenters. The Morgan fingerprint density at radius 2 is 1.77 bits per heavy atom. The topological polar surface area (TPSA) is 35.5 Å². The number of aliphatic hydroxyl groups excluding tert-OH is 1. The van der Waals surface area contributed by atoms with Crippen LogP contribution in [0, 0.1) is 0 Å². The minimum Gasteiger partial charge on any atom is -0.393 e. The van der Waals surface area contributed by atoms with Crippen LogP contribution in [0.25, 0.3) is 0 Å². The summed E-state index contributed by atoms with van der Waals surface area (Å²) >= 11 is 0. The Labute approximate surface area is 81.1 Å². The SMILES string of the molecule is CC(C)NC(C)N1CCC(O)CC1. The van der Waals surface area contributed by atoms with Crippen LogP contribution >= 0.6 is 0 Å². The Bertz CT molecular complexity index is 142. The van der Waals surface area contributed by atoms with Crippen molar-refractivity contribution in [2.45, 2.75) is 51.9 Å². The second kappa shape index (κ2) is 4.94. The molecule has 0 saturated carbocycles. The third-order valence-corrected chi connectivity index (χ3v) is 2.62. The van der Waals surface area contributed by atoms with Gasteiger partial charge in [0.25, 0.3) is 0 Å². The summed E-state index contributed by atoms with van der Waals surface area (Å²) in [5, 5.41) is 12.8. The molecular weight excluding hydrogens is 164 g/mol. The lowest BCUT2D eigenvalue weighted by atomic mass is 10.1. The van der Waals surface area contributed by atoms with E-state index in [1.807, 2.05) is 0 Å². The van der Waals surface area contributed by atoms with Crippen molar-refractivity contribution >= 4 is 0 Å². The molecule has 1 aliphatic heterocycles. The number of piperidine rings is 1. The molecule has 1 atom stereocenters. The first-order valence-corrected chi connectivity index (χ1v) is 5.27. The van der Waals surface area contributed by atoms with E-state index in [1.54, 1.807) is 0 Å². The van der Waals surface area contributed by atoms with Gasteiger partial charge in [-0.3, -0.25) is 10.2 Å². The molecule has 13 heavy (non-hydrogen) atoms. The standard InChI is InChI=1S/C10H22N2O/c1-8(2)11-9(3)12-6-4-10(13)5-7-12/h8-11,13H,4-7H2,1-3H3. The molecule has 3 nitrogen and oxygen atoms in total. The molecule has 1 fully saturated rings. The lowest BCUT2D eigenvalue weighted by Gasteiger charge is -2.35. The van der Waals surface area contributed by atoms with E-state index in [-0.39, 0.29) is 6.10 Å². The van der Waals surface area contributed by atoms with Gasteiger partial charge < -0.3 is 5.11 Å². The van der Waals surface area contributed by atoms with Crippen molar-refractivity contribution in [1.82, 2.24) is 10.2 Å². The van der Waals surface area contributed by atoms with Gasteiger partial charge in [-0.05, 0) is 33.6 Å². The molecule has 2 N–H and O–H groups in total. The first-order chi connectivity index (χ1) is 6.09. The van der Waals surface area contributed by atoms with Crippen LogP contribution in [0.4, 0.5) is 0 Å². The maximum Gasteiger partial charge on any atom is 0.0569 e. The van der Waals surface area contributed by atoms with Crippen molar-refractivity contribution in [2.75, 3.05) is 13.1 Å². The predicted octanol–water partition coefficient (Wildman–Crippen LogP) is 0.787. The molecular formula is C10H22N2O. The second-order valence-electron chi connectivity index (χ2n) is 4.26. The molecule has 78 valence electrons. The lowest BCUT2D eigenvalue weighted by Crippen LogP contribution is -2.50. The van der Waals surface area contributed by atoms with Crippen LogP contribution in [0.15, 0.2) is 0 Å². The van der Waals surface area contributed by atoms with Crippen LogP contribution in [0.1, 0.15) is 33.6 Å². The fraction of sp³-hybridized carbons (Fsp3) is 1.00. The Hall–Kier alpha value is -0.120. The Kier molecular flexibility index (Phi) is 4.16. The molecule has 1 aliphatic rings. The summed E-state index contributed by atoms with van der Waals surface area (Å²) in [7, 11) is 0. The minimum atomic E-state index is -0.0671. The van der Waals surface area contributed by atoms with Crippen LogP contribution in [0.2, 0.25) is 0 Å². The van der Waals surface area contributed by atoms with E-state index < -0.39 is 0 Å². The van der Waals surface area contributed by atoms with Gasteiger partial charge in [-0.25, -0.2) is 0 Å². The highest BCUT2D eigenvalue weighted by Gasteiger charge is 2.20. The van der Waals surface area contributed by atoms with Crippen molar-refractivity contribution in [1.29, 1.82) is 0 Å². The molecule has 1 saturated heterocycles. The first-order valence-electron chi connectivity index (χ1n) is 5.27. The first kappa shape index (κ1) is 11.0. The third-order valence-electron chi connectivity index (χ3n) is 2.62. The van der Waals surface area contributed by atoms with E-state index in [1.165, 1.54) is 0 Å². The van der Waals surface area contributed by atoms with E-state index >= 15 is 0 Å². The van der Waals surface area contributed by atoms with Gasteiger partial charge in [0.15, 0.2) is 0 Å². The normalized spacial score (nSPS) is 23.8. The van der Waals surface area contributed by atoms with Gasteiger partial charge in [-0.2, -0.15) is 0 Å². The summed E-state index contributed by atoms with van der Waals surface area (Å²) in [5.74, 6) is 0. The molecule has 0 bridgehead atoms. The molecule has 3 heteroatoms. The van der Waals surface area contributed by atoms with Gasteiger partial charge in [0.2, 0.25) is 0 Å². The largest absolute Gasteiger partial charge is 0.393 e. The molecule has 0 radical (unpaired) electrons. The number of rotatable bonds is 3. The monoisotopic (exact) mass is 186 g/mol. The number of nitrogens with one attached hydrogen (secondary N) is 1. The summed E-state index contributed by atoms with van der Waals surface area (Å²) in [6, 6.07) is 0.529. The fourth-order valence-corrected chi connectivity index (χ4v) is 1.86. The highest BCUT2D eigenvalue weighted by atomic mass is 16.3. The van der Waals surface area contributed by atoms with Crippen molar-refractivity contribution in [3.8, 4) is 0 Å². The zero-order valence-corrected chi connectivity index (χ0v) is 8.95. The molecule has 0 aromatic rings. The minimum absolute atomic E-state index is 0.0671. The smallest absolute Gasteiger partial charge is 0.0569 e. The molecule has 0 spiro atoms. The molecule has 0 aromatic carbocycles. The Balaban J connectivity index is 2.27. The van der Waals surface area contributed by atoms with Gasteiger partial charge in [-0.15, -0.1) is 0 Å². The number of nitrogens with zero attached hydrogens (tertiary/aromatic N) is 1. The summed E-state index contributed by atoms with van der Waals surface area (Å²) in [4.78, 5) is 2.40. The average molecular weight is 186 g/mol. The summed E-state index contributed by atoms with van der Waals surface area (Å²) in [6.45, 7) is 8.55. The highest BCUT2D eigenvalue weighted by molar-refractivity contribution is 4.75. The fourth-order valence-electron chi connectivity index (χ4n) is 1.86. The maximum absolute atomic E-state index is 9.34. The van der Waals surface area contributed by atoms with Crippen molar-refractivity contribution < 1.29 is 5.11 Å². The van der Waals surface area contributed by atoms with Crippen LogP contribution in [0.3, 0.4) is 0 Å². The average Bonchev–Trinajstić information content (AvgIpc) is 2.04. The predicted molar refractivity (Wildman–Crippen MR) is 54.5 cm³/mol. The number of hydrogen-bond donors (Lipinski definition) is 2. The highest BCUT2D eigenvalue weighted by Crippen LogP contribution is 2.11. The molecule has 1 rings (SSSR count).